The lowest BCUT2D eigenvalue weighted by Crippen LogP contribution is -2.33. The summed E-state index contributed by atoms with van der Waals surface area (Å²) in [5.74, 6) is 0.294. The van der Waals surface area contributed by atoms with Gasteiger partial charge >= 0.3 is 12.3 Å². The molecule has 0 aromatic carbocycles. The highest BCUT2D eigenvalue weighted by molar-refractivity contribution is 6.31. The summed E-state index contributed by atoms with van der Waals surface area (Å²) in [4.78, 5) is 29.2. The summed E-state index contributed by atoms with van der Waals surface area (Å²) in [5, 5.41) is 1.43. The van der Waals surface area contributed by atoms with E-state index in [1.54, 1.807) is 32.3 Å². The van der Waals surface area contributed by atoms with Crippen molar-refractivity contribution >= 4 is 34.5 Å². The third kappa shape index (κ3) is 5.89. The number of aromatic nitrogens is 4. The molecule has 0 fully saturated rings. The van der Waals surface area contributed by atoms with Gasteiger partial charge < -0.3 is 9.72 Å². The summed E-state index contributed by atoms with van der Waals surface area (Å²) in [6.07, 6.45) is 1.08. The molecular weight excluding hydrogens is 483 g/mol. The number of carbonyl (C=O) groups excluding carboxylic acids is 1. The third-order valence-corrected chi connectivity index (χ3v) is 5.28. The number of amides is 1. The minimum atomic E-state index is -4.54. The zero-order valence-corrected chi connectivity index (χ0v) is 19.6. The van der Waals surface area contributed by atoms with E-state index in [-0.39, 0.29) is 6.54 Å². The molecule has 0 aliphatic rings. The summed E-state index contributed by atoms with van der Waals surface area (Å²) < 4.78 is 43.8. The van der Waals surface area contributed by atoms with Crippen molar-refractivity contribution in [2.45, 2.75) is 39.1 Å². The molecule has 0 spiro atoms. The van der Waals surface area contributed by atoms with Crippen LogP contribution in [0, 0.1) is 0 Å². The standard InChI is InChI=1S/C24H21ClF3N5O2/c1-14(2)35-23(34)33(13-16-3-5-20(29-10-16)24(26,27)28)21-6-4-15(9-30-21)7-17-11-31-22-19(17)8-18(25)12-32-22/h3-6,8-12,14H,7,13H2,1-2H3,(H,31,32). The maximum atomic E-state index is 12.8. The number of ether oxygens (including phenoxy) is 1. The average Bonchev–Trinajstić information content (AvgIpc) is 3.19. The fourth-order valence-corrected chi connectivity index (χ4v) is 3.61. The zero-order chi connectivity index (χ0) is 25.2. The number of fused-ring (bicyclic) bond motifs is 1. The lowest BCUT2D eigenvalue weighted by Gasteiger charge is -2.23. The molecule has 182 valence electrons. The molecule has 4 aromatic rings. The Morgan fingerprint density at radius 3 is 2.46 bits per heavy atom. The normalized spacial score (nSPS) is 11.7. The highest BCUT2D eigenvalue weighted by Crippen LogP contribution is 2.28. The number of aromatic amines is 1. The van der Waals surface area contributed by atoms with Crippen LogP contribution in [0.3, 0.4) is 0 Å². The number of rotatable bonds is 6. The molecule has 0 saturated carbocycles. The monoisotopic (exact) mass is 503 g/mol. The van der Waals surface area contributed by atoms with Crippen LogP contribution in [0.2, 0.25) is 5.02 Å². The van der Waals surface area contributed by atoms with Crippen molar-refractivity contribution in [3.8, 4) is 0 Å². The van der Waals surface area contributed by atoms with Crippen LogP contribution < -0.4 is 4.90 Å². The highest BCUT2D eigenvalue weighted by atomic mass is 35.5. The van der Waals surface area contributed by atoms with Gasteiger partial charge in [0, 0.05) is 36.6 Å². The number of anilines is 1. The van der Waals surface area contributed by atoms with Crippen LogP contribution in [-0.2, 0) is 23.9 Å². The minimum absolute atomic E-state index is 0.0599. The molecule has 4 aromatic heterocycles. The predicted molar refractivity (Wildman–Crippen MR) is 125 cm³/mol. The molecule has 4 heterocycles. The Kier molecular flexibility index (Phi) is 6.93. The summed E-state index contributed by atoms with van der Waals surface area (Å²) in [6, 6.07) is 7.46. The molecule has 35 heavy (non-hydrogen) atoms. The Balaban J connectivity index is 1.56. The Hall–Kier alpha value is -3.66. The summed E-state index contributed by atoms with van der Waals surface area (Å²) in [7, 11) is 0. The number of alkyl halides is 3. The van der Waals surface area contributed by atoms with E-state index in [4.69, 9.17) is 16.3 Å². The SMILES string of the molecule is CC(C)OC(=O)N(Cc1ccc(C(F)(F)F)nc1)c1ccc(Cc2c[nH]c3ncc(Cl)cc23)cn1. The van der Waals surface area contributed by atoms with Crippen molar-refractivity contribution in [2.75, 3.05) is 4.90 Å². The zero-order valence-electron chi connectivity index (χ0n) is 18.8. The van der Waals surface area contributed by atoms with Gasteiger partial charge in [0.15, 0.2) is 0 Å². The second-order valence-corrected chi connectivity index (χ2v) is 8.57. The first-order chi connectivity index (χ1) is 16.6. The van der Waals surface area contributed by atoms with Gasteiger partial charge in [-0.2, -0.15) is 13.2 Å². The van der Waals surface area contributed by atoms with Gasteiger partial charge in [0.1, 0.15) is 17.2 Å². The highest BCUT2D eigenvalue weighted by Gasteiger charge is 2.32. The first-order valence-corrected chi connectivity index (χ1v) is 11.0. The molecule has 1 N–H and O–H groups in total. The van der Waals surface area contributed by atoms with Crippen LogP contribution in [0.25, 0.3) is 11.0 Å². The molecule has 0 bridgehead atoms. The molecule has 0 aliphatic heterocycles. The van der Waals surface area contributed by atoms with Crippen molar-refractivity contribution in [3.63, 3.8) is 0 Å². The van der Waals surface area contributed by atoms with E-state index in [0.29, 0.717) is 22.8 Å². The van der Waals surface area contributed by atoms with Crippen molar-refractivity contribution < 1.29 is 22.7 Å². The van der Waals surface area contributed by atoms with Gasteiger partial charge in [0.2, 0.25) is 0 Å². The third-order valence-electron chi connectivity index (χ3n) is 5.08. The molecule has 0 radical (unpaired) electrons. The summed E-state index contributed by atoms with van der Waals surface area (Å²) >= 11 is 6.07. The van der Waals surface area contributed by atoms with Gasteiger partial charge in [-0.1, -0.05) is 23.7 Å². The van der Waals surface area contributed by atoms with Gasteiger partial charge in [0.05, 0.1) is 17.7 Å². The number of pyridine rings is 3. The number of H-pyrrole nitrogens is 1. The molecule has 0 unspecified atom stereocenters. The quantitative estimate of drug-likeness (QED) is 0.340. The van der Waals surface area contributed by atoms with Crippen molar-refractivity contribution in [1.82, 2.24) is 19.9 Å². The largest absolute Gasteiger partial charge is 0.446 e. The van der Waals surface area contributed by atoms with E-state index >= 15 is 0 Å². The van der Waals surface area contributed by atoms with E-state index < -0.39 is 24.1 Å². The van der Waals surface area contributed by atoms with Gasteiger partial charge in [0.25, 0.3) is 0 Å². The van der Waals surface area contributed by atoms with Crippen LogP contribution >= 0.6 is 11.6 Å². The Labute approximate surface area is 203 Å². The van der Waals surface area contributed by atoms with Crippen LogP contribution in [0.4, 0.5) is 23.8 Å². The van der Waals surface area contributed by atoms with Gasteiger partial charge in [-0.05, 0) is 48.7 Å². The fourth-order valence-electron chi connectivity index (χ4n) is 3.45. The van der Waals surface area contributed by atoms with Crippen molar-refractivity contribution in [3.05, 3.63) is 82.5 Å². The summed E-state index contributed by atoms with van der Waals surface area (Å²) in [5.41, 5.74) is 1.97. The number of hydrogen-bond donors (Lipinski definition) is 1. The first kappa shape index (κ1) is 24.5. The molecule has 11 heteroatoms. The number of halogens is 4. The molecule has 0 atom stereocenters. The predicted octanol–water partition coefficient (Wildman–Crippen LogP) is 6.17. The van der Waals surface area contributed by atoms with Gasteiger partial charge in [-0.3, -0.25) is 9.88 Å². The average molecular weight is 504 g/mol. The maximum absolute atomic E-state index is 12.8. The molecule has 7 nitrogen and oxygen atoms in total. The molecule has 0 aliphatic carbocycles. The van der Waals surface area contributed by atoms with Crippen molar-refractivity contribution in [2.24, 2.45) is 0 Å². The van der Waals surface area contributed by atoms with Crippen LogP contribution in [0.15, 0.2) is 55.1 Å². The van der Waals surface area contributed by atoms with Crippen LogP contribution in [-0.4, -0.2) is 32.1 Å². The van der Waals surface area contributed by atoms with E-state index in [9.17, 15) is 18.0 Å². The Morgan fingerprint density at radius 1 is 1.09 bits per heavy atom. The molecule has 1 amide bonds. The topological polar surface area (TPSA) is 84.0 Å². The summed E-state index contributed by atoms with van der Waals surface area (Å²) in [6.45, 7) is 3.35. The number of nitrogens with one attached hydrogen (secondary N) is 1. The lowest BCUT2D eigenvalue weighted by molar-refractivity contribution is -0.141. The van der Waals surface area contributed by atoms with E-state index in [0.717, 1.165) is 34.4 Å². The fraction of sp³-hybridized carbons (Fsp3) is 0.250. The number of carbonyl (C=O) groups is 1. The van der Waals surface area contributed by atoms with E-state index in [2.05, 4.69) is 19.9 Å². The van der Waals surface area contributed by atoms with Crippen LogP contribution in [0.1, 0.15) is 36.2 Å². The molecule has 4 rings (SSSR count). The van der Waals surface area contributed by atoms with E-state index in [1.165, 1.54) is 11.0 Å². The number of hydrogen-bond acceptors (Lipinski definition) is 5. The second kappa shape index (κ2) is 9.91. The van der Waals surface area contributed by atoms with Gasteiger partial charge in [-0.25, -0.2) is 14.8 Å². The first-order valence-electron chi connectivity index (χ1n) is 10.7. The Bertz CT molecular complexity index is 1320. The lowest BCUT2D eigenvalue weighted by atomic mass is 10.1. The molecule has 0 saturated heterocycles. The van der Waals surface area contributed by atoms with Gasteiger partial charge in [-0.15, -0.1) is 0 Å². The van der Waals surface area contributed by atoms with E-state index in [1.807, 2.05) is 18.3 Å². The number of nitrogens with zero attached hydrogens (tertiary/aromatic N) is 4. The molecular formula is C24H21ClF3N5O2. The minimum Gasteiger partial charge on any atom is -0.446 e. The van der Waals surface area contributed by atoms with Crippen molar-refractivity contribution in [1.29, 1.82) is 0 Å². The van der Waals surface area contributed by atoms with Crippen LogP contribution in [0.5, 0.6) is 0 Å². The Morgan fingerprint density at radius 2 is 1.83 bits per heavy atom. The maximum Gasteiger partial charge on any atom is 0.433 e. The smallest absolute Gasteiger partial charge is 0.433 e. The second-order valence-electron chi connectivity index (χ2n) is 8.13.